The molecule has 1 aliphatic rings. The molecule has 0 fully saturated rings. The van der Waals surface area contributed by atoms with Gasteiger partial charge in [-0.25, -0.2) is 8.42 Å². The zero-order valence-electron chi connectivity index (χ0n) is 20.4. The van der Waals surface area contributed by atoms with Crippen molar-refractivity contribution in [3.05, 3.63) is 48.0 Å². The van der Waals surface area contributed by atoms with Crippen LogP contribution in [-0.4, -0.2) is 55.3 Å². The summed E-state index contributed by atoms with van der Waals surface area (Å²) in [7, 11) is -0.584. The van der Waals surface area contributed by atoms with Gasteiger partial charge in [-0.3, -0.25) is 4.79 Å². The molecule has 0 saturated heterocycles. The van der Waals surface area contributed by atoms with Crippen LogP contribution < -0.4 is 9.64 Å². The van der Waals surface area contributed by atoms with Crippen molar-refractivity contribution in [1.82, 2.24) is 4.31 Å². The number of carboxylic acid groups (broad SMARTS) is 1. The Labute approximate surface area is 207 Å². The summed E-state index contributed by atoms with van der Waals surface area (Å²) in [6, 6.07) is 13.0. The molecule has 0 saturated carbocycles. The number of methoxy groups -OCH3 is 1. The number of carboxylic acids is 1. The second-order valence-corrected chi connectivity index (χ2v) is 12.6. The van der Waals surface area contributed by atoms with E-state index in [-0.39, 0.29) is 10.9 Å². The quantitative estimate of drug-likeness (QED) is 0.505. The fourth-order valence-corrected chi connectivity index (χ4v) is 6.44. The van der Waals surface area contributed by atoms with Crippen molar-refractivity contribution in [2.75, 3.05) is 25.6 Å². The number of hydrogen-bond acceptors (Lipinski definition) is 6. The number of aliphatic carboxylic acids is 1. The van der Waals surface area contributed by atoms with Crippen LogP contribution in [0.3, 0.4) is 0 Å². The largest absolute Gasteiger partial charge is 0.496 e. The smallest absolute Gasteiger partial charge is 0.319 e. The predicted octanol–water partition coefficient (Wildman–Crippen LogP) is 5.12. The third kappa shape index (κ3) is 5.37. The van der Waals surface area contributed by atoms with E-state index >= 15 is 0 Å². The van der Waals surface area contributed by atoms with Crippen LogP contribution in [0, 0.1) is 0 Å². The van der Waals surface area contributed by atoms with Gasteiger partial charge in [-0.1, -0.05) is 38.0 Å². The van der Waals surface area contributed by atoms with E-state index in [9.17, 15) is 18.3 Å². The lowest BCUT2D eigenvalue weighted by molar-refractivity contribution is -0.138. The average Bonchev–Trinajstić information content (AvgIpc) is 2.89. The monoisotopic (exact) mass is 506 g/mol. The van der Waals surface area contributed by atoms with E-state index < -0.39 is 20.7 Å². The van der Waals surface area contributed by atoms with Crippen LogP contribution in [0.4, 0.5) is 11.4 Å². The van der Waals surface area contributed by atoms with Gasteiger partial charge in [0.1, 0.15) is 15.4 Å². The molecular formula is C25H34N2O5S2. The second kappa shape index (κ2) is 10.6. The number of fused-ring (bicyclic) bond motifs is 1. The van der Waals surface area contributed by atoms with Gasteiger partial charge in [0.2, 0.25) is 10.0 Å². The number of thioether (sulfide) groups is 1. The molecule has 7 nitrogen and oxygen atoms in total. The molecule has 9 heteroatoms. The molecule has 1 atom stereocenters. The first kappa shape index (κ1) is 26.4. The molecule has 0 radical (unpaired) electrons. The fraction of sp³-hybridized carbons (Fsp3) is 0.480. The highest BCUT2D eigenvalue weighted by Crippen LogP contribution is 2.43. The maximum atomic E-state index is 13.8. The van der Waals surface area contributed by atoms with E-state index in [1.807, 2.05) is 30.3 Å². The number of benzene rings is 2. The Kier molecular flexibility index (Phi) is 8.21. The number of ether oxygens (including phenoxy) is 1. The average molecular weight is 507 g/mol. The maximum absolute atomic E-state index is 13.8. The highest BCUT2D eigenvalue weighted by atomic mass is 32.2. The second-order valence-electron chi connectivity index (χ2n) is 9.00. The van der Waals surface area contributed by atoms with E-state index in [0.29, 0.717) is 29.3 Å². The number of carbonyl (C=O) groups is 1. The number of hydrogen-bond donors (Lipinski definition) is 1. The Morgan fingerprint density at radius 2 is 1.91 bits per heavy atom. The van der Waals surface area contributed by atoms with Crippen molar-refractivity contribution in [3.63, 3.8) is 0 Å². The molecule has 2 aromatic rings. The molecule has 186 valence electrons. The summed E-state index contributed by atoms with van der Waals surface area (Å²) >= 11 is 1.23. The van der Waals surface area contributed by atoms with Gasteiger partial charge in [-0.05, 0) is 38.5 Å². The van der Waals surface area contributed by atoms with E-state index in [0.717, 1.165) is 24.9 Å². The van der Waals surface area contributed by atoms with Crippen LogP contribution in [0.15, 0.2) is 47.4 Å². The van der Waals surface area contributed by atoms with Crippen molar-refractivity contribution in [2.45, 2.75) is 61.5 Å². The molecule has 1 unspecified atom stereocenters. The van der Waals surface area contributed by atoms with Crippen LogP contribution in [0.1, 0.15) is 45.6 Å². The predicted molar refractivity (Wildman–Crippen MR) is 138 cm³/mol. The minimum atomic E-state index is -3.78. The van der Waals surface area contributed by atoms with Crippen LogP contribution in [-0.2, 0) is 20.6 Å². The Bertz CT molecular complexity index is 1120. The van der Waals surface area contributed by atoms with Gasteiger partial charge < -0.3 is 14.7 Å². The summed E-state index contributed by atoms with van der Waals surface area (Å²) in [6.45, 7) is 5.89. The summed E-state index contributed by atoms with van der Waals surface area (Å²) < 4.78 is 33.7. The Morgan fingerprint density at radius 1 is 1.24 bits per heavy atom. The number of likely N-dealkylation sites (N-methyl/N-ethyl adjacent to an activating group) is 1. The fourth-order valence-electron chi connectivity index (χ4n) is 3.97. The number of unbranched alkanes of at least 4 members (excludes halogenated alkanes) is 1. The molecule has 0 bridgehead atoms. The molecule has 2 aromatic carbocycles. The Hall–Kier alpha value is -2.23. The molecule has 1 N–H and O–H groups in total. The molecular weight excluding hydrogens is 472 g/mol. The van der Waals surface area contributed by atoms with E-state index in [4.69, 9.17) is 4.74 Å². The van der Waals surface area contributed by atoms with Gasteiger partial charge in [-0.2, -0.15) is 4.31 Å². The summed E-state index contributed by atoms with van der Waals surface area (Å²) in [6.07, 6.45) is 2.67. The first-order valence-corrected chi connectivity index (χ1v) is 13.8. The summed E-state index contributed by atoms with van der Waals surface area (Å²) in [5, 5.41) is 9.49. The first-order chi connectivity index (χ1) is 16.0. The zero-order valence-corrected chi connectivity index (χ0v) is 22.1. The van der Waals surface area contributed by atoms with E-state index in [2.05, 4.69) is 11.8 Å². The highest BCUT2D eigenvalue weighted by molar-refractivity contribution is 8.00. The molecule has 3 rings (SSSR count). The minimum absolute atomic E-state index is 0.188. The summed E-state index contributed by atoms with van der Waals surface area (Å²) in [5.41, 5.74) is 2.13. The van der Waals surface area contributed by atoms with Crippen molar-refractivity contribution in [2.24, 2.45) is 0 Å². The highest BCUT2D eigenvalue weighted by Gasteiger charge is 2.38. The van der Waals surface area contributed by atoms with Gasteiger partial charge in [0.25, 0.3) is 0 Å². The number of sulfonamides is 1. The standard InChI is InChI=1S/C25H34N2O5S2/c1-6-7-11-20-16-27(19-12-9-8-10-13-19)21-15-22(32-5)18(17-33-25(2,3)24(28)29)14-23(21)34(30,31)26(20)4/h8-10,12-15,20H,6-7,11,16-17H2,1-5H3,(H,28,29). The Morgan fingerprint density at radius 3 is 2.50 bits per heavy atom. The maximum Gasteiger partial charge on any atom is 0.319 e. The third-order valence-corrected chi connectivity index (χ3v) is 9.57. The molecule has 0 amide bonds. The van der Waals surface area contributed by atoms with Gasteiger partial charge >= 0.3 is 5.97 Å². The minimum Gasteiger partial charge on any atom is -0.496 e. The van der Waals surface area contributed by atoms with Gasteiger partial charge in [-0.15, -0.1) is 11.8 Å². The van der Waals surface area contributed by atoms with E-state index in [1.165, 1.54) is 16.1 Å². The van der Waals surface area contributed by atoms with Crippen molar-refractivity contribution in [3.8, 4) is 5.75 Å². The van der Waals surface area contributed by atoms with Crippen molar-refractivity contribution in [1.29, 1.82) is 0 Å². The lowest BCUT2D eigenvalue weighted by Crippen LogP contribution is -2.40. The normalized spacial score (nSPS) is 18.3. The third-order valence-electron chi connectivity index (χ3n) is 6.28. The molecule has 1 heterocycles. The topological polar surface area (TPSA) is 87.1 Å². The number of nitrogens with zero attached hydrogens (tertiary/aromatic N) is 2. The zero-order chi connectivity index (χ0) is 25.1. The molecule has 0 spiro atoms. The lowest BCUT2D eigenvalue weighted by atomic mass is 10.1. The SMILES string of the molecule is CCCCC1CN(c2ccccc2)c2cc(OC)c(CSC(C)(C)C(=O)O)cc2S(=O)(=O)N1C. The van der Waals surface area contributed by atoms with Crippen LogP contribution in [0.2, 0.25) is 0 Å². The molecule has 34 heavy (non-hydrogen) atoms. The molecule has 0 aromatic heterocycles. The summed E-state index contributed by atoms with van der Waals surface area (Å²) in [4.78, 5) is 13.8. The van der Waals surface area contributed by atoms with Crippen LogP contribution >= 0.6 is 11.8 Å². The Balaban J connectivity index is 2.17. The van der Waals surface area contributed by atoms with Crippen molar-refractivity contribution >= 4 is 39.1 Å². The van der Waals surface area contributed by atoms with Crippen molar-refractivity contribution < 1.29 is 23.1 Å². The van der Waals surface area contributed by atoms with Crippen LogP contribution in [0.5, 0.6) is 5.75 Å². The van der Waals surface area contributed by atoms with Crippen LogP contribution in [0.25, 0.3) is 0 Å². The molecule has 1 aliphatic heterocycles. The van der Waals surface area contributed by atoms with Gasteiger partial charge in [0.15, 0.2) is 0 Å². The van der Waals surface area contributed by atoms with Gasteiger partial charge in [0, 0.05) is 42.7 Å². The van der Waals surface area contributed by atoms with E-state index in [1.54, 1.807) is 40.1 Å². The summed E-state index contributed by atoms with van der Waals surface area (Å²) in [5.74, 6) is -0.0783. The van der Waals surface area contributed by atoms with Gasteiger partial charge in [0.05, 0.1) is 12.8 Å². The number of rotatable bonds is 9. The lowest BCUT2D eigenvalue weighted by Gasteiger charge is -2.29. The first-order valence-electron chi connectivity index (χ1n) is 11.4. The number of para-hydroxylation sites is 1. The molecule has 0 aliphatic carbocycles. The number of anilines is 2.